The molecule has 0 radical (unpaired) electrons. The highest BCUT2D eigenvalue weighted by Gasteiger charge is 2.22. The molecule has 0 aliphatic rings. The largest absolute Gasteiger partial charge is 0.332 e. The van der Waals surface area contributed by atoms with Gasteiger partial charge in [-0.05, 0) is 60.2 Å². The molecule has 0 saturated carbocycles. The van der Waals surface area contributed by atoms with Crippen LogP contribution in [0.2, 0.25) is 0 Å². The van der Waals surface area contributed by atoms with Crippen molar-refractivity contribution in [1.82, 2.24) is 4.98 Å². The zero-order valence-electron chi connectivity index (χ0n) is 17.6. The minimum Gasteiger partial charge on any atom is -0.332 e. The molecule has 0 saturated heterocycles. The van der Waals surface area contributed by atoms with Gasteiger partial charge in [-0.25, -0.2) is 4.98 Å². The number of hydrogen-bond donors (Lipinski definition) is 3. The maximum atomic E-state index is 13.2. The van der Waals surface area contributed by atoms with Gasteiger partial charge in [0, 0.05) is 22.5 Å². The summed E-state index contributed by atoms with van der Waals surface area (Å²) in [6.07, 6.45) is 1.65. The van der Waals surface area contributed by atoms with Crippen LogP contribution in [0.5, 0.6) is 0 Å². The van der Waals surface area contributed by atoms with E-state index in [0.717, 1.165) is 21.8 Å². The summed E-state index contributed by atoms with van der Waals surface area (Å²) in [5.74, 6) is 0.390. The summed E-state index contributed by atoms with van der Waals surface area (Å²) in [7, 11) is 0. The summed E-state index contributed by atoms with van der Waals surface area (Å²) in [5.41, 5.74) is 2.66. The molecule has 1 amide bonds. The molecule has 3 N–H and O–H groups in total. The zero-order valence-corrected chi connectivity index (χ0v) is 19.3. The van der Waals surface area contributed by atoms with Gasteiger partial charge in [0.15, 0.2) is 5.11 Å². The van der Waals surface area contributed by atoms with E-state index in [1.165, 1.54) is 11.8 Å². The minimum atomic E-state index is -0.446. The van der Waals surface area contributed by atoms with E-state index in [1.54, 1.807) is 12.3 Å². The number of amides is 1. The van der Waals surface area contributed by atoms with Crippen LogP contribution in [0.25, 0.3) is 0 Å². The Morgan fingerprint density at radius 1 is 0.758 bits per heavy atom. The second-order valence-corrected chi connectivity index (χ2v) is 8.67. The third-order valence-corrected chi connectivity index (χ3v) is 6.09. The molecule has 0 fully saturated rings. The summed E-state index contributed by atoms with van der Waals surface area (Å²) in [5, 5.41) is 9.34. The van der Waals surface area contributed by atoms with Crippen molar-refractivity contribution in [2.45, 2.75) is 10.1 Å². The number of benzene rings is 3. The van der Waals surface area contributed by atoms with Crippen molar-refractivity contribution >= 4 is 52.2 Å². The Labute approximate surface area is 202 Å². The number of pyridine rings is 1. The molecular formula is C26H22N4OS2. The van der Waals surface area contributed by atoms with E-state index in [9.17, 15) is 4.79 Å². The minimum absolute atomic E-state index is 0.135. The number of thioether (sulfide) groups is 1. The Balaban J connectivity index is 1.49. The number of anilines is 3. The summed E-state index contributed by atoms with van der Waals surface area (Å²) in [6.45, 7) is 0. The van der Waals surface area contributed by atoms with Crippen LogP contribution in [-0.4, -0.2) is 16.0 Å². The van der Waals surface area contributed by atoms with Crippen LogP contribution in [0, 0.1) is 0 Å². The number of aromatic nitrogens is 1. The van der Waals surface area contributed by atoms with Gasteiger partial charge in [0.1, 0.15) is 11.1 Å². The topological polar surface area (TPSA) is 66.0 Å². The number of carbonyl (C=O) groups is 1. The highest BCUT2D eigenvalue weighted by Crippen LogP contribution is 2.37. The quantitative estimate of drug-likeness (QED) is 0.216. The van der Waals surface area contributed by atoms with Gasteiger partial charge in [-0.15, -0.1) is 11.8 Å². The first-order valence-corrected chi connectivity index (χ1v) is 11.6. The molecule has 0 aliphatic carbocycles. The summed E-state index contributed by atoms with van der Waals surface area (Å²) < 4.78 is 0. The first-order valence-electron chi connectivity index (χ1n) is 10.3. The highest BCUT2D eigenvalue weighted by atomic mass is 32.2. The van der Waals surface area contributed by atoms with Crippen LogP contribution < -0.4 is 16.0 Å². The van der Waals surface area contributed by atoms with Crippen LogP contribution in [0.15, 0.2) is 114 Å². The van der Waals surface area contributed by atoms with Gasteiger partial charge in [0.2, 0.25) is 5.91 Å². The van der Waals surface area contributed by atoms with Crippen molar-refractivity contribution in [3.05, 3.63) is 115 Å². The summed E-state index contributed by atoms with van der Waals surface area (Å²) in [4.78, 5) is 18.3. The van der Waals surface area contributed by atoms with Crippen LogP contribution in [0.4, 0.5) is 17.2 Å². The predicted molar refractivity (Wildman–Crippen MR) is 141 cm³/mol. The van der Waals surface area contributed by atoms with Gasteiger partial charge in [0.05, 0.1) is 0 Å². The maximum absolute atomic E-state index is 13.2. The van der Waals surface area contributed by atoms with Crippen LogP contribution >= 0.6 is 24.0 Å². The van der Waals surface area contributed by atoms with Crippen molar-refractivity contribution in [2.75, 3.05) is 16.0 Å². The maximum Gasteiger partial charge on any atom is 0.243 e. The van der Waals surface area contributed by atoms with Crippen LogP contribution in [0.1, 0.15) is 10.8 Å². The monoisotopic (exact) mass is 470 g/mol. The molecule has 1 unspecified atom stereocenters. The van der Waals surface area contributed by atoms with Gasteiger partial charge < -0.3 is 16.0 Å². The van der Waals surface area contributed by atoms with Crippen LogP contribution in [0.3, 0.4) is 0 Å². The highest BCUT2D eigenvalue weighted by molar-refractivity contribution is 8.00. The first kappa shape index (κ1) is 22.5. The lowest BCUT2D eigenvalue weighted by atomic mass is 10.1. The van der Waals surface area contributed by atoms with E-state index in [1.807, 2.05) is 97.1 Å². The summed E-state index contributed by atoms with van der Waals surface area (Å²) in [6, 6.07) is 32.7. The van der Waals surface area contributed by atoms with Gasteiger partial charge in [-0.1, -0.05) is 60.7 Å². The Kier molecular flexibility index (Phi) is 7.68. The number of hydrogen-bond acceptors (Lipinski definition) is 4. The molecule has 1 aromatic heterocycles. The lowest BCUT2D eigenvalue weighted by molar-refractivity contribution is -0.115. The molecule has 33 heavy (non-hydrogen) atoms. The van der Waals surface area contributed by atoms with E-state index in [2.05, 4.69) is 20.9 Å². The second-order valence-electron chi connectivity index (χ2n) is 7.09. The number of nitrogens with one attached hydrogen (secondary N) is 3. The Morgan fingerprint density at radius 3 is 2.15 bits per heavy atom. The van der Waals surface area contributed by atoms with Crippen molar-refractivity contribution in [3.63, 3.8) is 0 Å². The smallest absolute Gasteiger partial charge is 0.243 e. The standard InChI is InChI=1S/C26H22N4OS2/c31-25(30-23-16-7-8-17-27-23)24(19-10-3-1-4-11-19)33-22-15-9-14-21(18-22)29-26(32)28-20-12-5-2-6-13-20/h1-18,24H,(H,27,30,31)(H2,28,29,32). The van der Waals surface area contributed by atoms with Crippen molar-refractivity contribution in [3.8, 4) is 0 Å². The zero-order chi connectivity index (χ0) is 22.9. The number of thiocarbonyl (C=S) groups is 1. The van der Waals surface area contributed by atoms with Crippen molar-refractivity contribution < 1.29 is 4.79 Å². The molecule has 164 valence electrons. The lowest BCUT2D eigenvalue weighted by Gasteiger charge is -2.17. The first-order chi connectivity index (χ1) is 16.2. The molecule has 0 aliphatic heterocycles. The molecule has 4 rings (SSSR count). The average molecular weight is 471 g/mol. The SMILES string of the molecule is O=C(Nc1ccccn1)C(Sc1cccc(NC(=S)Nc2ccccc2)c1)c1ccccc1. The number of para-hydroxylation sites is 1. The lowest BCUT2D eigenvalue weighted by Crippen LogP contribution is -2.20. The molecule has 0 bridgehead atoms. The van der Waals surface area contributed by atoms with Gasteiger partial charge in [0.25, 0.3) is 0 Å². The Morgan fingerprint density at radius 2 is 1.42 bits per heavy atom. The van der Waals surface area contributed by atoms with E-state index >= 15 is 0 Å². The fourth-order valence-corrected chi connectivity index (χ4v) is 4.45. The molecule has 4 aromatic rings. The average Bonchev–Trinajstić information content (AvgIpc) is 2.84. The molecule has 5 nitrogen and oxygen atoms in total. The van der Waals surface area contributed by atoms with E-state index < -0.39 is 5.25 Å². The Bertz CT molecular complexity index is 1200. The van der Waals surface area contributed by atoms with E-state index in [-0.39, 0.29) is 5.91 Å². The third kappa shape index (κ3) is 6.65. The molecular weight excluding hydrogens is 448 g/mol. The molecule has 1 heterocycles. The number of rotatable bonds is 7. The number of nitrogens with zero attached hydrogens (tertiary/aromatic N) is 1. The van der Waals surface area contributed by atoms with Gasteiger partial charge in [-0.3, -0.25) is 4.79 Å². The van der Waals surface area contributed by atoms with Gasteiger partial charge in [-0.2, -0.15) is 0 Å². The fraction of sp³-hybridized carbons (Fsp3) is 0.0385. The predicted octanol–water partition coefficient (Wildman–Crippen LogP) is 6.36. The fourth-order valence-electron chi connectivity index (χ4n) is 3.13. The van der Waals surface area contributed by atoms with E-state index in [4.69, 9.17) is 12.2 Å². The second kappa shape index (κ2) is 11.3. The van der Waals surface area contributed by atoms with Crippen LogP contribution in [-0.2, 0) is 4.79 Å². The van der Waals surface area contributed by atoms with Crippen molar-refractivity contribution in [2.24, 2.45) is 0 Å². The molecule has 3 aromatic carbocycles. The van der Waals surface area contributed by atoms with Gasteiger partial charge >= 0.3 is 0 Å². The van der Waals surface area contributed by atoms with Crippen molar-refractivity contribution in [1.29, 1.82) is 0 Å². The normalized spacial score (nSPS) is 11.3. The molecule has 0 spiro atoms. The summed E-state index contributed by atoms with van der Waals surface area (Å²) >= 11 is 6.91. The Hall–Kier alpha value is -3.68. The molecule has 1 atom stereocenters. The third-order valence-electron chi connectivity index (χ3n) is 4.63. The number of carbonyl (C=O) groups excluding carboxylic acids is 1. The van der Waals surface area contributed by atoms with E-state index in [0.29, 0.717) is 10.9 Å². The molecule has 7 heteroatoms.